The van der Waals surface area contributed by atoms with Crippen molar-refractivity contribution in [2.24, 2.45) is 7.05 Å². The summed E-state index contributed by atoms with van der Waals surface area (Å²) in [4.78, 5) is 29.3. The predicted octanol–water partition coefficient (Wildman–Crippen LogP) is 1.69. The van der Waals surface area contributed by atoms with Crippen LogP contribution in [0.3, 0.4) is 0 Å². The van der Waals surface area contributed by atoms with E-state index < -0.39 is 0 Å². The van der Waals surface area contributed by atoms with Crippen LogP contribution in [0.15, 0.2) is 29.2 Å². The fourth-order valence-corrected chi connectivity index (χ4v) is 4.34. The van der Waals surface area contributed by atoms with Gasteiger partial charge < -0.3 is 14.8 Å². The molecule has 0 amide bonds. The fraction of sp³-hybridized carbons (Fsp3) is 0.333. The molecule has 1 saturated heterocycles. The number of thiazole rings is 1. The largest absolute Gasteiger partial charge is 0.345 e. The molecule has 0 bridgehead atoms. The molecule has 4 aromatic rings. The van der Waals surface area contributed by atoms with Gasteiger partial charge in [0.05, 0.1) is 5.52 Å². The molecule has 8 nitrogen and oxygen atoms in total. The minimum atomic E-state index is -0.140. The van der Waals surface area contributed by atoms with Crippen LogP contribution in [-0.4, -0.2) is 62.9 Å². The topological polar surface area (TPSA) is 82.9 Å². The van der Waals surface area contributed by atoms with Crippen molar-refractivity contribution in [1.29, 1.82) is 0 Å². The molecule has 0 saturated carbocycles. The van der Waals surface area contributed by atoms with Gasteiger partial charge in [-0.15, -0.1) is 0 Å². The molecule has 0 spiro atoms. The summed E-state index contributed by atoms with van der Waals surface area (Å²) >= 11 is 1.42. The Morgan fingerprint density at radius 3 is 2.74 bits per heavy atom. The number of anilines is 1. The lowest BCUT2D eigenvalue weighted by molar-refractivity contribution is 0.313. The Labute approximate surface area is 159 Å². The molecule has 0 aliphatic carbocycles. The molecule has 3 aromatic heterocycles. The number of rotatable bonds is 2. The maximum Gasteiger partial charge on any atom is 0.270 e. The third kappa shape index (κ3) is 2.88. The fourth-order valence-electron chi connectivity index (χ4n) is 3.39. The van der Waals surface area contributed by atoms with Crippen molar-refractivity contribution in [2.75, 3.05) is 38.1 Å². The number of nitrogens with zero attached hydrogens (tertiary/aromatic N) is 6. The van der Waals surface area contributed by atoms with E-state index in [4.69, 9.17) is 0 Å². The number of hydrogen-bond acceptors (Lipinski definition) is 7. The van der Waals surface area contributed by atoms with Crippen molar-refractivity contribution in [3.8, 4) is 11.4 Å². The highest BCUT2D eigenvalue weighted by Gasteiger charge is 2.19. The average molecular weight is 381 g/mol. The average Bonchev–Trinajstić information content (AvgIpc) is 3.24. The smallest absolute Gasteiger partial charge is 0.270 e. The van der Waals surface area contributed by atoms with Crippen LogP contribution >= 0.6 is 11.3 Å². The first-order chi connectivity index (χ1) is 13.1. The number of nitrogens with one attached hydrogen (secondary N) is 1. The van der Waals surface area contributed by atoms with Gasteiger partial charge >= 0.3 is 0 Å². The van der Waals surface area contributed by atoms with Crippen LogP contribution in [0.2, 0.25) is 0 Å². The number of aryl methyl sites for hydroxylation is 1. The van der Waals surface area contributed by atoms with Crippen molar-refractivity contribution >= 4 is 37.7 Å². The molecular formula is C18H19N7OS. The molecule has 4 heterocycles. The second-order valence-corrected chi connectivity index (χ2v) is 7.91. The van der Waals surface area contributed by atoms with Gasteiger partial charge in [-0.3, -0.25) is 9.48 Å². The second kappa shape index (κ2) is 6.14. The summed E-state index contributed by atoms with van der Waals surface area (Å²) < 4.78 is 2.35. The molecule has 0 atom stereocenters. The van der Waals surface area contributed by atoms with Crippen molar-refractivity contribution in [3.05, 3.63) is 34.7 Å². The van der Waals surface area contributed by atoms with E-state index in [1.807, 2.05) is 31.4 Å². The Kier molecular flexibility index (Phi) is 3.73. The van der Waals surface area contributed by atoms with E-state index in [0.717, 1.165) is 47.8 Å². The van der Waals surface area contributed by atoms with Gasteiger partial charge in [-0.25, -0.2) is 4.98 Å². The number of likely N-dealkylation sites (N-methyl/N-ethyl adjacent to an activating group) is 1. The Balaban J connectivity index is 1.56. The van der Waals surface area contributed by atoms with Crippen LogP contribution < -0.4 is 10.5 Å². The first-order valence-electron chi connectivity index (χ1n) is 8.85. The second-order valence-electron chi connectivity index (χ2n) is 6.93. The van der Waals surface area contributed by atoms with Gasteiger partial charge in [-0.1, -0.05) is 11.3 Å². The molecule has 1 N–H and O–H groups in total. The predicted molar refractivity (Wildman–Crippen MR) is 107 cm³/mol. The van der Waals surface area contributed by atoms with Gasteiger partial charge in [0.15, 0.2) is 10.8 Å². The van der Waals surface area contributed by atoms with E-state index in [9.17, 15) is 4.79 Å². The lowest BCUT2D eigenvalue weighted by atomic mass is 10.1. The summed E-state index contributed by atoms with van der Waals surface area (Å²) in [5.74, 6) is 0.536. The number of hydrogen-bond donors (Lipinski definition) is 1. The van der Waals surface area contributed by atoms with E-state index in [-0.39, 0.29) is 5.56 Å². The van der Waals surface area contributed by atoms with Gasteiger partial charge in [0, 0.05) is 50.4 Å². The highest BCUT2D eigenvalue weighted by molar-refractivity contribution is 7.22. The Morgan fingerprint density at radius 1 is 1.11 bits per heavy atom. The molecule has 1 aromatic carbocycles. The number of fused-ring (bicyclic) bond motifs is 2. The van der Waals surface area contributed by atoms with Gasteiger partial charge in [-0.2, -0.15) is 10.1 Å². The standard InChI is InChI=1S/C18H19N7OS/c1-23-5-7-25(8-6-23)18-21-16-14(27-18)17(26)20-15(19-16)11-3-4-13-12(9-11)10-24(2)22-13/h3-4,9-10H,5-8H2,1-2H3,(H,19,20,26). The van der Waals surface area contributed by atoms with E-state index in [2.05, 4.69) is 36.9 Å². The van der Waals surface area contributed by atoms with Crippen molar-refractivity contribution < 1.29 is 0 Å². The first-order valence-corrected chi connectivity index (χ1v) is 9.66. The van der Waals surface area contributed by atoms with Crippen LogP contribution in [0.25, 0.3) is 32.6 Å². The SMILES string of the molecule is CN1CCN(c2nc3nc(-c4ccc5nn(C)cc5c4)[nH]c(=O)c3s2)CC1. The highest BCUT2D eigenvalue weighted by Crippen LogP contribution is 2.28. The molecule has 1 aliphatic heterocycles. The third-order valence-electron chi connectivity index (χ3n) is 4.92. The molecule has 0 unspecified atom stereocenters. The van der Waals surface area contributed by atoms with Crippen LogP contribution in [-0.2, 0) is 7.05 Å². The molecule has 27 heavy (non-hydrogen) atoms. The molecule has 0 radical (unpaired) electrons. The summed E-state index contributed by atoms with van der Waals surface area (Å²) in [5, 5.41) is 6.26. The molecule has 138 valence electrons. The normalized spacial score (nSPS) is 15.9. The molecule has 1 fully saturated rings. The highest BCUT2D eigenvalue weighted by atomic mass is 32.1. The molecule has 9 heteroatoms. The Morgan fingerprint density at radius 2 is 1.93 bits per heavy atom. The summed E-state index contributed by atoms with van der Waals surface area (Å²) in [7, 11) is 4.01. The summed E-state index contributed by atoms with van der Waals surface area (Å²) in [6.07, 6.45) is 1.95. The van der Waals surface area contributed by atoms with Gasteiger partial charge in [-0.05, 0) is 25.2 Å². The van der Waals surface area contributed by atoms with E-state index in [0.29, 0.717) is 16.2 Å². The van der Waals surface area contributed by atoms with Crippen molar-refractivity contribution in [1.82, 2.24) is 29.6 Å². The number of H-pyrrole nitrogens is 1. The minimum Gasteiger partial charge on any atom is -0.345 e. The van der Waals surface area contributed by atoms with E-state index in [1.54, 1.807) is 4.68 Å². The van der Waals surface area contributed by atoms with Crippen molar-refractivity contribution in [3.63, 3.8) is 0 Å². The van der Waals surface area contributed by atoms with Gasteiger partial charge in [0.25, 0.3) is 5.56 Å². The number of aromatic amines is 1. The van der Waals surface area contributed by atoms with Crippen molar-refractivity contribution in [2.45, 2.75) is 0 Å². The maximum absolute atomic E-state index is 12.6. The van der Waals surface area contributed by atoms with Gasteiger partial charge in [0.1, 0.15) is 10.5 Å². The van der Waals surface area contributed by atoms with Crippen LogP contribution in [0, 0.1) is 0 Å². The van der Waals surface area contributed by atoms with Crippen LogP contribution in [0.5, 0.6) is 0 Å². The maximum atomic E-state index is 12.6. The molecular weight excluding hydrogens is 362 g/mol. The lowest BCUT2D eigenvalue weighted by Crippen LogP contribution is -2.44. The molecule has 1 aliphatic rings. The first kappa shape index (κ1) is 16.4. The summed E-state index contributed by atoms with van der Waals surface area (Å²) in [5.41, 5.74) is 2.14. The quantitative estimate of drug-likeness (QED) is 0.569. The third-order valence-corrected chi connectivity index (χ3v) is 6.02. The Hall–Kier alpha value is -2.78. The number of benzene rings is 1. The number of aromatic nitrogens is 5. The number of piperazine rings is 1. The summed E-state index contributed by atoms with van der Waals surface area (Å²) in [6.45, 7) is 3.82. The summed E-state index contributed by atoms with van der Waals surface area (Å²) in [6, 6.07) is 5.85. The zero-order chi connectivity index (χ0) is 18.5. The van der Waals surface area contributed by atoms with E-state index >= 15 is 0 Å². The monoisotopic (exact) mass is 381 g/mol. The van der Waals surface area contributed by atoms with Gasteiger partial charge in [0.2, 0.25) is 0 Å². The van der Waals surface area contributed by atoms with Crippen LogP contribution in [0.4, 0.5) is 5.13 Å². The zero-order valence-corrected chi connectivity index (χ0v) is 16.0. The lowest BCUT2D eigenvalue weighted by Gasteiger charge is -2.31. The van der Waals surface area contributed by atoms with E-state index in [1.165, 1.54) is 11.3 Å². The minimum absolute atomic E-state index is 0.140. The zero-order valence-electron chi connectivity index (χ0n) is 15.1. The van der Waals surface area contributed by atoms with Crippen LogP contribution in [0.1, 0.15) is 0 Å². The molecule has 5 rings (SSSR count). The Bertz CT molecular complexity index is 1200.